The number of hydrogen-bond donors (Lipinski definition) is 2. The van der Waals surface area contributed by atoms with E-state index in [-0.39, 0.29) is 18.4 Å². The molecule has 3 rings (SSSR count). The topological polar surface area (TPSA) is 49.3 Å². The lowest BCUT2D eigenvalue weighted by atomic mass is 10.00. The molecule has 1 saturated carbocycles. The van der Waals surface area contributed by atoms with Gasteiger partial charge in [0.2, 0.25) is 5.91 Å². The molecule has 1 aliphatic rings. The molecule has 3 heteroatoms. The summed E-state index contributed by atoms with van der Waals surface area (Å²) in [5, 5.41) is 15.4. The van der Waals surface area contributed by atoms with Gasteiger partial charge in [0.05, 0.1) is 6.10 Å². The van der Waals surface area contributed by atoms with Gasteiger partial charge in [-0.2, -0.15) is 0 Å². The monoisotopic (exact) mass is 283 g/mol. The van der Waals surface area contributed by atoms with Crippen LogP contribution in [0, 0.1) is 5.92 Å². The second kappa shape index (κ2) is 6.27. The van der Waals surface area contributed by atoms with Gasteiger partial charge in [-0.15, -0.1) is 0 Å². The lowest BCUT2D eigenvalue weighted by Crippen LogP contribution is -2.32. The van der Waals surface area contributed by atoms with E-state index in [4.69, 9.17) is 0 Å². The zero-order valence-corrected chi connectivity index (χ0v) is 12.1. The predicted octanol–water partition coefficient (Wildman–Crippen LogP) is 3.18. The maximum atomic E-state index is 12.0. The molecule has 1 fully saturated rings. The molecule has 1 aliphatic carbocycles. The SMILES string of the molecule is O=C(NC[C@@H](O)c1cccc2ccccc12)C1CCCC1. The molecule has 1 atom stereocenters. The van der Waals surface area contributed by atoms with Gasteiger partial charge in [0, 0.05) is 12.5 Å². The van der Waals surface area contributed by atoms with Crippen molar-refractivity contribution in [3.05, 3.63) is 48.0 Å². The number of nitrogens with one attached hydrogen (secondary N) is 1. The van der Waals surface area contributed by atoms with E-state index < -0.39 is 6.10 Å². The Balaban J connectivity index is 1.69. The molecule has 0 saturated heterocycles. The molecule has 0 radical (unpaired) electrons. The Kier molecular flexibility index (Phi) is 4.20. The van der Waals surface area contributed by atoms with Gasteiger partial charge in [0.25, 0.3) is 0 Å². The first-order chi connectivity index (χ1) is 10.3. The van der Waals surface area contributed by atoms with Gasteiger partial charge in [0.1, 0.15) is 0 Å². The van der Waals surface area contributed by atoms with Crippen LogP contribution < -0.4 is 5.32 Å². The molecular weight excluding hydrogens is 262 g/mol. The van der Waals surface area contributed by atoms with Crippen molar-refractivity contribution in [2.24, 2.45) is 5.92 Å². The third kappa shape index (κ3) is 3.08. The summed E-state index contributed by atoms with van der Waals surface area (Å²) in [7, 11) is 0. The summed E-state index contributed by atoms with van der Waals surface area (Å²) in [6, 6.07) is 13.9. The van der Waals surface area contributed by atoms with Crippen molar-refractivity contribution in [2.75, 3.05) is 6.54 Å². The first kappa shape index (κ1) is 14.1. The van der Waals surface area contributed by atoms with E-state index in [0.29, 0.717) is 0 Å². The van der Waals surface area contributed by atoms with E-state index >= 15 is 0 Å². The number of carbonyl (C=O) groups is 1. The van der Waals surface area contributed by atoms with Crippen LogP contribution in [0.15, 0.2) is 42.5 Å². The highest BCUT2D eigenvalue weighted by Gasteiger charge is 2.23. The molecule has 2 N–H and O–H groups in total. The molecule has 0 bridgehead atoms. The summed E-state index contributed by atoms with van der Waals surface area (Å²) in [5.41, 5.74) is 0.875. The fourth-order valence-electron chi connectivity index (χ4n) is 3.18. The molecule has 0 aromatic heterocycles. The molecule has 110 valence electrons. The number of hydrogen-bond acceptors (Lipinski definition) is 2. The Bertz CT molecular complexity index is 627. The molecule has 0 heterocycles. The summed E-state index contributed by atoms with van der Waals surface area (Å²) in [4.78, 5) is 12.0. The Labute approximate surface area is 125 Å². The quantitative estimate of drug-likeness (QED) is 0.905. The highest BCUT2D eigenvalue weighted by molar-refractivity contribution is 5.86. The van der Waals surface area contributed by atoms with E-state index in [9.17, 15) is 9.90 Å². The zero-order valence-electron chi connectivity index (χ0n) is 12.1. The third-order valence-corrected chi connectivity index (χ3v) is 4.38. The van der Waals surface area contributed by atoms with Crippen LogP contribution in [0.5, 0.6) is 0 Å². The van der Waals surface area contributed by atoms with Crippen molar-refractivity contribution in [2.45, 2.75) is 31.8 Å². The van der Waals surface area contributed by atoms with Gasteiger partial charge >= 0.3 is 0 Å². The van der Waals surface area contributed by atoms with Crippen LogP contribution in [0.25, 0.3) is 10.8 Å². The van der Waals surface area contributed by atoms with Gasteiger partial charge in [-0.25, -0.2) is 0 Å². The highest BCUT2D eigenvalue weighted by atomic mass is 16.3. The van der Waals surface area contributed by atoms with E-state index in [1.54, 1.807) is 0 Å². The van der Waals surface area contributed by atoms with Gasteiger partial charge in [-0.05, 0) is 29.2 Å². The normalized spacial score (nSPS) is 17.0. The minimum absolute atomic E-state index is 0.0896. The minimum atomic E-state index is -0.665. The molecule has 2 aromatic carbocycles. The fraction of sp³-hybridized carbons (Fsp3) is 0.389. The Hall–Kier alpha value is -1.87. The maximum Gasteiger partial charge on any atom is 0.223 e. The Morgan fingerprint density at radius 1 is 1.14 bits per heavy atom. The highest BCUT2D eigenvalue weighted by Crippen LogP contribution is 2.26. The third-order valence-electron chi connectivity index (χ3n) is 4.38. The first-order valence-corrected chi connectivity index (χ1v) is 7.69. The van der Waals surface area contributed by atoms with Crippen LogP contribution in [0.2, 0.25) is 0 Å². The molecule has 0 aliphatic heterocycles. The molecular formula is C18H21NO2. The largest absolute Gasteiger partial charge is 0.387 e. The number of benzene rings is 2. The molecule has 21 heavy (non-hydrogen) atoms. The van der Waals surface area contributed by atoms with Crippen molar-refractivity contribution in [3.8, 4) is 0 Å². The smallest absolute Gasteiger partial charge is 0.223 e. The van der Waals surface area contributed by atoms with Gasteiger partial charge < -0.3 is 10.4 Å². The molecule has 2 aromatic rings. The lowest BCUT2D eigenvalue weighted by Gasteiger charge is -2.16. The average molecular weight is 283 g/mol. The number of fused-ring (bicyclic) bond motifs is 1. The second-order valence-corrected chi connectivity index (χ2v) is 5.81. The molecule has 1 amide bonds. The number of rotatable bonds is 4. The zero-order chi connectivity index (χ0) is 14.7. The summed E-state index contributed by atoms with van der Waals surface area (Å²) in [6.45, 7) is 0.281. The summed E-state index contributed by atoms with van der Waals surface area (Å²) >= 11 is 0. The molecule has 0 unspecified atom stereocenters. The van der Waals surface area contributed by atoms with Crippen LogP contribution in [0.3, 0.4) is 0 Å². The van der Waals surface area contributed by atoms with E-state index in [2.05, 4.69) is 5.32 Å². The summed E-state index contributed by atoms with van der Waals surface area (Å²) in [5.74, 6) is 0.233. The van der Waals surface area contributed by atoms with Gasteiger partial charge in [-0.3, -0.25) is 4.79 Å². The first-order valence-electron chi connectivity index (χ1n) is 7.69. The second-order valence-electron chi connectivity index (χ2n) is 5.81. The van der Waals surface area contributed by atoms with E-state index in [0.717, 1.165) is 42.0 Å². The van der Waals surface area contributed by atoms with Crippen LogP contribution >= 0.6 is 0 Å². The predicted molar refractivity (Wildman–Crippen MR) is 83.9 cm³/mol. The number of aliphatic hydroxyl groups excluding tert-OH is 1. The Morgan fingerprint density at radius 2 is 1.86 bits per heavy atom. The Morgan fingerprint density at radius 3 is 2.67 bits per heavy atom. The van der Waals surface area contributed by atoms with Crippen LogP contribution in [0.1, 0.15) is 37.4 Å². The van der Waals surface area contributed by atoms with Crippen molar-refractivity contribution in [3.63, 3.8) is 0 Å². The van der Waals surface area contributed by atoms with Crippen molar-refractivity contribution in [1.29, 1.82) is 0 Å². The van der Waals surface area contributed by atoms with Crippen molar-refractivity contribution in [1.82, 2.24) is 5.32 Å². The molecule has 3 nitrogen and oxygen atoms in total. The van der Waals surface area contributed by atoms with Crippen molar-refractivity contribution >= 4 is 16.7 Å². The summed E-state index contributed by atoms with van der Waals surface area (Å²) in [6.07, 6.45) is 3.58. The number of carbonyl (C=O) groups excluding carboxylic acids is 1. The van der Waals surface area contributed by atoms with E-state index in [1.165, 1.54) is 0 Å². The van der Waals surface area contributed by atoms with E-state index in [1.807, 2.05) is 42.5 Å². The van der Waals surface area contributed by atoms with Crippen LogP contribution in [-0.2, 0) is 4.79 Å². The van der Waals surface area contributed by atoms with Gasteiger partial charge in [0.15, 0.2) is 0 Å². The van der Waals surface area contributed by atoms with Gasteiger partial charge in [-0.1, -0.05) is 55.3 Å². The van der Waals surface area contributed by atoms with Crippen LogP contribution in [-0.4, -0.2) is 17.6 Å². The maximum absolute atomic E-state index is 12.0. The van der Waals surface area contributed by atoms with Crippen LogP contribution in [0.4, 0.5) is 0 Å². The fourth-order valence-corrected chi connectivity index (χ4v) is 3.18. The standard InChI is InChI=1S/C18H21NO2/c20-17(12-19-18(21)14-7-1-2-8-14)16-11-5-9-13-6-3-4-10-15(13)16/h3-6,9-11,14,17,20H,1-2,7-8,12H2,(H,19,21)/t17-/m1/s1. The van der Waals surface area contributed by atoms with Crippen molar-refractivity contribution < 1.29 is 9.90 Å². The number of aliphatic hydroxyl groups is 1. The number of amides is 1. The average Bonchev–Trinajstić information content (AvgIpc) is 3.06. The summed E-state index contributed by atoms with van der Waals surface area (Å²) < 4.78 is 0. The molecule has 0 spiro atoms. The minimum Gasteiger partial charge on any atom is -0.387 e. The lowest BCUT2D eigenvalue weighted by molar-refractivity contribution is -0.125.